The van der Waals surface area contributed by atoms with E-state index in [-0.39, 0.29) is 18.2 Å². The van der Waals surface area contributed by atoms with E-state index in [0.29, 0.717) is 0 Å². The second kappa shape index (κ2) is 7.72. The molecule has 0 aliphatic heterocycles. The van der Waals surface area contributed by atoms with Crippen LogP contribution in [-0.2, 0) is 22.4 Å². The van der Waals surface area contributed by atoms with Crippen LogP contribution in [0.25, 0.3) is 10.6 Å². The van der Waals surface area contributed by atoms with E-state index < -0.39 is 5.97 Å². The lowest BCUT2D eigenvalue weighted by Crippen LogP contribution is -2.21. The van der Waals surface area contributed by atoms with E-state index in [4.69, 9.17) is 4.74 Å². The molecule has 0 atom stereocenters. The van der Waals surface area contributed by atoms with Gasteiger partial charge in [0.15, 0.2) is 12.3 Å². The van der Waals surface area contributed by atoms with Crippen LogP contribution < -0.4 is 5.32 Å². The molecular formula is C21H18N2O3S. The Bertz CT molecular complexity index is 982. The van der Waals surface area contributed by atoms with Crippen molar-refractivity contribution < 1.29 is 14.3 Å². The summed E-state index contributed by atoms with van der Waals surface area (Å²) >= 11 is 1.37. The maximum atomic E-state index is 12.1. The molecule has 0 radical (unpaired) electrons. The lowest BCUT2D eigenvalue weighted by molar-refractivity contribution is -0.119. The second-order valence-corrected chi connectivity index (χ2v) is 7.22. The molecule has 0 unspecified atom stereocenters. The first-order valence-corrected chi connectivity index (χ1v) is 9.67. The van der Waals surface area contributed by atoms with Gasteiger partial charge >= 0.3 is 5.97 Å². The van der Waals surface area contributed by atoms with Crippen LogP contribution in [0.3, 0.4) is 0 Å². The Morgan fingerprint density at radius 2 is 1.89 bits per heavy atom. The number of hydrogen-bond donors (Lipinski definition) is 1. The molecule has 0 bridgehead atoms. The average molecular weight is 378 g/mol. The van der Waals surface area contributed by atoms with Gasteiger partial charge in [-0.2, -0.15) is 0 Å². The van der Waals surface area contributed by atoms with Gasteiger partial charge in [0.05, 0.1) is 0 Å². The molecule has 1 heterocycles. The third kappa shape index (κ3) is 4.06. The van der Waals surface area contributed by atoms with Gasteiger partial charge in [0.25, 0.3) is 5.91 Å². The predicted molar refractivity (Wildman–Crippen MR) is 105 cm³/mol. The van der Waals surface area contributed by atoms with Crippen molar-refractivity contribution in [3.63, 3.8) is 0 Å². The van der Waals surface area contributed by atoms with Crippen molar-refractivity contribution in [2.45, 2.75) is 19.3 Å². The zero-order valence-corrected chi connectivity index (χ0v) is 15.4. The lowest BCUT2D eigenvalue weighted by atomic mass is 10.1. The van der Waals surface area contributed by atoms with E-state index in [1.54, 1.807) is 5.38 Å². The van der Waals surface area contributed by atoms with Crippen LogP contribution in [0, 0.1) is 0 Å². The first-order valence-electron chi connectivity index (χ1n) is 8.79. The van der Waals surface area contributed by atoms with Crippen LogP contribution in [-0.4, -0.2) is 23.5 Å². The van der Waals surface area contributed by atoms with Gasteiger partial charge in [0, 0.05) is 16.6 Å². The summed E-state index contributed by atoms with van der Waals surface area (Å²) in [7, 11) is 0. The van der Waals surface area contributed by atoms with Crippen LogP contribution in [0.15, 0.2) is 53.9 Å². The van der Waals surface area contributed by atoms with Crippen molar-refractivity contribution in [3.8, 4) is 10.6 Å². The summed E-state index contributed by atoms with van der Waals surface area (Å²) in [6.45, 7) is -0.339. The third-order valence-electron chi connectivity index (χ3n) is 4.45. The van der Waals surface area contributed by atoms with E-state index in [0.717, 1.165) is 35.5 Å². The molecule has 27 heavy (non-hydrogen) atoms. The summed E-state index contributed by atoms with van der Waals surface area (Å²) in [5.74, 6) is -0.961. The van der Waals surface area contributed by atoms with Crippen molar-refractivity contribution >= 4 is 28.9 Å². The van der Waals surface area contributed by atoms with Crippen LogP contribution in [0.4, 0.5) is 5.69 Å². The summed E-state index contributed by atoms with van der Waals surface area (Å²) < 4.78 is 5.10. The highest BCUT2D eigenvalue weighted by Gasteiger charge is 2.16. The van der Waals surface area contributed by atoms with Crippen LogP contribution >= 0.6 is 11.3 Å². The van der Waals surface area contributed by atoms with Crippen molar-refractivity contribution in [3.05, 3.63) is 70.7 Å². The second-order valence-electron chi connectivity index (χ2n) is 6.37. The van der Waals surface area contributed by atoms with Gasteiger partial charge in [-0.25, -0.2) is 9.78 Å². The SMILES string of the molecule is O=C(COC(=O)c1csc(-c2ccccc2)n1)Nc1ccc2c(c1)CCC2. The molecule has 5 nitrogen and oxygen atoms in total. The van der Waals surface area contributed by atoms with Crippen molar-refractivity contribution in [2.75, 3.05) is 11.9 Å². The number of esters is 1. The monoisotopic (exact) mass is 378 g/mol. The molecule has 1 N–H and O–H groups in total. The smallest absolute Gasteiger partial charge is 0.358 e. The summed E-state index contributed by atoms with van der Waals surface area (Å²) in [5, 5.41) is 5.16. The van der Waals surface area contributed by atoms with Crippen LogP contribution in [0.1, 0.15) is 28.0 Å². The molecule has 0 saturated carbocycles. The van der Waals surface area contributed by atoms with E-state index in [1.807, 2.05) is 48.5 Å². The average Bonchev–Trinajstić information content (AvgIpc) is 3.36. The highest BCUT2D eigenvalue weighted by molar-refractivity contribution is 7.13. The first-order chi connectivity index (χ1) is 13.2. The normalized spacial score (nSPS) is 12.4. The molecule has 0 saturated heterocycles. The number of anilines is 1. The Balaban J connectivity index is 1.32. The summed E-state index contributed by atoms with van der Waals surface area (Å²) in [5.41, 5.74) is 4.51. The first kappa shape index (κ1) is 17.4. The quantitative estimate of drug-likeness (QED) is 0.679. The number of aryl methyl sites for hydroxylation is 2. The predicted octanol–water partition coefficient (Wildman–Crippen LogP) is 4.09. The fourth-order valence-electron chi connectivity index (χ4n) is 3.13. The van der Waals surface area contributed by atoms with Crippen molar-refractivity contribution in [2.24, 2.45) is 0 Å². The van der Waals surface area contributed by atoms with E-state index >= 15 is 0 Å². The van der Waals surface area contributed by atoms with Gasteiger partial charge in [0.2, 0.25) is 0 Å². The third-order valence-corrected chi connectivity index (χ3v) is 5.34. The molecule has 0 fully saturated rings. The molecular weight excluding hydrogens is 360 g/mol. The van der Waals surface area contributed by atoms with Gasteiger partial charge in [0.1, 0.15) is 5.01 Å². The minimum absolute atomic E-state index is 0.212. The van der Waals surface area contributed by atoms with E-state index in [9.17, 15) is 9.59 Å². The number of amides is 1. The number of aromatic nitrogens is 1. The van der Waals surface area contributed by atoms with Crippen molar-refractivity contribution in [1.82, 2.24) is 4.98 Å². The highest BCUT2D eigenvalue weighted by atomic mass is 32.1. The summed E-state index contributed by atoms with van der Waals surface area (Å²) in [6, 6.07) is 15.5. The molecule has 1 aliphatic carbocycles. The fraction of sp³-hybridized carbons (Fsp3) is 0.190. The molecule has 1 aliphatic rings. The molecule has 1 amide bonds. The van der Waals surface area contributed by atoms with Gasteiger partial charge in [-0.05, 0) is 42.5 Å². The maximum absolute atomic E-state index is 12.1. The maximum Gasteiger partial charge on any atom is 0.358 e. The van der Waals surface area contributed by atoms with Crippen molar-refractivity contribution in [1.29, 1.82) is 0 Å². The molecule has 4 rings (SSSR count). The fourth-order valence-corrected chi connectivity index (χ4v) is 3.93. The number of nitrogens with one attached hydrogen (secondary N) is 1. The number of carbonyl (C=O) groups excluding carboxylic acids is 2. The van der Waals surface area contributed by atoms with Crippen LogP contribution in [0.5, 0.6) is 0 Å². The number of benzene rings is 2. The zero-order valence-electron chi connectivity index (χ0n) is 14.6. The standard InChI is InChI=1S/C21H18N2O3S/c24-19(22-17-10-9-14-7-4-8-16(14)11-17)12-26-21(25)18-13-27-20(23-18)15-5-2-1-3-6-15/h1-3,5-6,9-11,13H,4,7-8,12H2,(H,22,24). The Hall–Kier alpha value is -2.99. The van der Waals surface area contributed by atoms with Gasteiger partial charge < -0.3 is 10.1 Å². The Kier molecular flexibility index (Phi) is 4.98. The van der Waals surface area contributed by atoms with Gasteiger partial charge in [-0.15, -0.1) is 11.3 Å². The molecule has 2 aromatic carbocycles. The minimum Gasteiger partial charge on any atom is -0.451 e. The Labute approximate surface area is 161 Å². The summed E-state index contributed by atoms with van der Waals surface area (Å²) in [6.07, 6.45) is 3.30. The number of thiazole rings is 1. The topological polar surface area (TPSA) is 68.3 Å². The van der Waals surface area contributed by atoms with E-state index in [1.165, 1.54) is 22.5 Å². The Morgan fingerprint density at radius 1 is 1.07 bits per heavy atom. The molecule has 3 aromatic rings. The summed E-state index contributed by atoms with van der Waals surface area (Å²) in [4.78, 5) is 28.5. The number of nitrogens with zero attached hydrogens (tertiary/aromatic N) is 1. The highest BCUT2D eigenvalue weighted by Crippen LogP contribution is 2.25. The largest absolute Gasteiger partial charge is 0.451 e. The number of fused-ring (bicyclic) bond motifs is 1. The Morgan fingerprint density at radius 3 is 2.74 bits per heavy atom. The number of hydrogen-bond acceptors (Lipinski definition) is 5. The zero-order chi connectivity index (χ0) is 18.6. The van der Waals surface area contributed by atoms with Gasteiger partial charge in [-0.3, -0.25) is 4.79 Å². The molecule has 0 spiro atoms. The van der Waals surface area contributed by atoms with E-state index in [2.05, 4.69) is 10.3 Å². The minimum atomic E-state index is -0.600. The number of rotatable bonds is 5. The number of ether oxygens (including phenoxy) is 1. The molecule has 1 aromatic heterocycles. The number of carbonyl (C=O) groups is 2. The molecule has 136 valence electrons. The van der Waals surface area contributed by atoms with Crippen LogP contribution in [0.2, 0.25) is 0 Å². The molecule has 6 heteroatoms. The lowest BCUT2D eigenvalue weighted by Gasteiger charge is -2.07. The van der Waals surface area contributed by atoms with Gasteiger partial charge in [-0.1, -0.05) is 36.4 Å².